The van der Waals surface area contributed by atoms with Crippen LogP contribution in [-0.2, 0) is 11.2 Å². The number of amides is 1. The molecule has 1 aromatic carbocycles. The number of fused-ring (bicyclic) bond motifs is 1. The largest absolute Gasteiger partial charge is 0.441 e. The van der Waals surface area contributed by atoms with Crippen molar-refractivity contribution in [1.29, 1.82) is 0 Å². The Balaban J connectivity index is 1.40. The summed E-state index contributed by atoms with van der Waals surface area (Å²) in [5, 5.41) is 11.6. The lowest BCUT2D eigenvalue weighted by Gasteiger charge is -2.16. The number of aromatic nitrogens is 4. The highest BCUT2D eigenvalue weighted by Crippen LogP contribution is 2.21. The fraction of sp³-hybridized carbons (Fsp3) is 0.273. The number of hydrogen-bond acceptors (Lipinski definition) is 6. The number of aryl methyl sites for hydroxylation is 1. The van der Waals surface area contributed by atoms with Crippen LogP contribution < -0.4 is 5.32 Å². The van der Waals surface area contributed by atoms with Crippen LogP contribution >= 0.6 is 11.8 Å². The highest BCUT2D eigenvalue weighted by molar-refractivity contribution is 7.98. The summed E-state index contributed by atoms with van der Waals surface area (Å²) in [4.78, 5) is 17.0. The molecule has 3 heterocycles. The number of pyridine rings is 1. The number of oxazole rings is 1. The minimum atomic E-state index is -0.202. The fourth-order valence-corrected chi connectivity index (χ4v) is 3.72. The van der Waals surface area contributed by atoms with Gasteiger partial charge in [0, 0.05) is 24.6 Å². The monoisotopic (exact) mass is 421 g/mol. The minimum absolute atomic E-state index is 0.0618. The molecular formula is C22H23N5O2S. The smallest absolute Gasteiger partial charge is 0.221 e. The molecule has 4 aromatic rings. The van der Waals surface area contributed by atoms with E-state index < -0.39 is 0 Å². The van der Waals surface area contributed by atoms with Crippen LogP contribution in [0.1, 0.15) is 30.6 Å². The van der Waals surface area contributed by atoms with Crippen molar-refractivity contribution in [3.63, 3.8) is 0 Å². The molecule has 1 unspecified atom stereocenters. The van der Waals surface area contributed by atoms with Gasteiger partial charge in [0.1, 0.15) is 0 Å². The number of rotatable bonds is 9. The Hall–Kier alpha value is -3.13. The molecule has 4 rings (SSSR count). The molecule has 1 amide bonds. The van der Waals surface area contributed by atoms with E-state index in [1.165, 1.54) is 0 Å². The van der Waals surface area contributed by atoms with Crippen molar-refractivity contribution in [3.05, 3.63) is 72.6 Å². The maximum atomic E-state index is 12.7. The number of nitrogens with zero attached hydrogens (tertiary/aromatic N) is 4. The van der Waals surface area contributed by atoms with Gasteiger partial charge in [0.05, 0.1) is 12.2 Å². The fourth-order valence-electron chi connectivity index (χ4n) is 3.25. The van der Waals surface area contributed by atoms with E-state index in [0.717, 1.165) is 29.2 Å². The van der Waals surface area contributed by atoms with Crippen LogP contribution in [0.2, 0.25) is 0 Å². The number of nitrogens with one attached hydrogen (secondary N) is 1. The third-order valence-electron chi connectivity index (χ3n) is 4.78. The first kappa shape index (κ1) is 20.2. The van der Waals surface area contributed by atoms with Crippen LogP contribution in [0.25, 0.3) is 17.0 Å². The van der Waals surface area contributed by atoms with Crippen molar-refractivity contribution in [1.82, 2.24) is 24.9 Å². The van der Waals surface area contributed by atoms with E-state index in [-0.39, 0.29) is 11.9 Å². The summed E-state index contributed by atoms with van der Waals surface area (Å²) in [6.07, 6.45) is 7.18. The molecule has 8 heteroatoms. The zero-order valence-electron chi connectivity index (χ0n) is 16.7. The molecule has 30 heavy (non-hydrogen) atoms. The van der Waals surface area contributed by atoms with Crippen molar-refractivity contribution in [3.8, 4) is 11.3 Å². The van der Waals surface area contributed by atoms with E-state index in [0.29, 0.717) is 24.5 Å². The second-order valence-corrected chi connectivity index (χ2v) is 7.86. The molecule has 0 saturated heterocycles. The van der Waals surface area contributed by atoms with Gasteiger partial charge in [-0.05, 0) is 30.6 Å². The van der Waals surface area contributed by atoms with Gasteiger partial charge in [-0.25, -0.2) is 4.98 Å². The van der Waals surface area contributed by atoms with Gasteiger partial charge in [-0.2, -0.15) is 11.8 Å². The molecule has 0 aliphatic carbocycles. The Labute approximate surface area is 178 Å². The number of benzene rings is 1. The standard InChI is InChI=1S/C22H23N5O2S/c1-30-14-12-17(22-26-25-19-9-5-6-13-27(19)22)24-20(28)10-11-21-23-15-18(29-21)16-7-3-2-4-8-16/h2-9,13,15,17H,10-12,14H2,1H3,(H,24,28). The zero-order valence-corrected chi connectivity index (χ0v) is 17.5. The molecule has 0 fully saturated rings. The zero-order chi connectivity index (χ0) is 20.8. The normalized spacial score (nSPS) is 12.2. The van der Waals surface area contributed by atoms with Gasteiger partial charge in [0.2, 0.25) is 5.91 Å². The summed E-state index contributed by atoms with van der Waals surface area (Å²) in [6.45, 7) is 0. The highest BCUT2D eigenvalue weighted by atomic mass is 32.2. The predicted molar refractivity (Wildman–Crippen MR) is 117 cm³/mol. The van der Waals surface area contributed by atoms with E-state index in [1.54, 1.807) is 18.0 Å². The van der Waals surface area contributed by atoms with Crippen molar-refractivity contribution in [2.45, 2.75) is 25.3 Å². The van der Waals surface area contributed by atoms with E-state index in [9.17, 15) is 4.79 Å². The first-order chi connectivity index (χ1) is 14.7. The first-order valence-electron chi connectivity index (χ1n) is 9.82. The van der Waals surface area contributed by atoms with Crippen LogP contribution in [0.3, 0.4) is 0 Å². The third-order valence-corrected chi connectivity index (χ3v) is 5.42. The van der Waals surface area contributed by atoms with Gasteiger partial charge < -0.3 is 9.73 Å². The Morgan fingerprint density at radius 1 is 1.17 bits per heavy atom. The van der Waals surface area contributed by atoms with Crippen molar-refractivity contribution < 1.29 is 9.21 Å². The lowest BCUT2D eigenvalue weighted by molar-refractivity contribution is -0.122. The Morgan fingerprint density at radius 2 is 2.00 bits per heavy atom. The second kappa shape index (κ2) is 9.58. The summed E-state index contributed by atoms with van der Waals surface area (Å²) in [5.41, 5.74) is 1.74. The Kier molecular flexibility index (Phi) is 6.44. The molecule has 0 saturated carbocycles. The summed E-state index contributed by atoms with van der Waals surface area (Å²) >= 11 is 1.74. The van der Waals surface area contributed by atoms with E-state index >= 15 is 0 Å². The van der Waals surface area contributed by atoms with Crippen LogP contribution in [-0.4, -0.2) is 37.5 Å². The topological polar surface area (TPSA) is 85.3 Å². The molecule has 3 aromatic heterocycles. The van der Waals surface area contributed by atoms with Crippen LogP contribution in [0, 0.1) is 0 Å². The molecule has 1 N–H and O–H groups in total. The maximum absolute atomic E-state index is 12.7. The van der Waals surface area contributed by atoms with Crippen molar-refractivity contribution in [2.24, 2.45) is 0 Å². The molecule has 0 spiro atoms. The lowest BCUT2D eigenvalue weighted by atomic mass is 10.2. The minimum Gasteiger partial charge on any atom is -0.441 e. The maximum Gasteiger partial charge on any atom is 0.221 e. The second-order valence-electron chi connectivity index (χ2n) is 6.87. The van der Waals surface area contributed by atoms with E-state index in [4.69, 9.17) is 4.42 Å². The average molecular weight is 422 g/mol. The van der Waals surface area contributed by atoms with Gasteiger partial charge in [-0.1, -0.05) is 36.4 Å². The lowest BCUT2D eigenvalue weighted by Crippen LogP contribution is -2.30. The summed E-state index contributed by atoms with van der Waals surface area (Å²) in [7, 11) is 0. The molecule has 1 atom stereocenters. The summed E-state index contributed by atoms with van der Waals surface area (Å²) in [6, 6.07) is 15.3. The molecule has 154 valence electrons. The number of carbonyl (C=O) groups is 1. The SMILES string of the molecule is CSCCC(NC(=O)CCc1ncc(-c2ccccc2)o1)c1nnc2ccccn12. The average Bonchev–Trinajstić information content (AvgIpc) is 3.43. The van der Waals surface area contributed by atoms with Gasteiger partial charge in [0.15, 0.2) is 23.1 Å². The summed E-state index contributed by atoms with van der Waals surface area (Å²) < 4.78 is 7.72. The number of thioether (sulfide) groups is 1. The quantitative estimate of drug-likeness (QED) is 0.441. The van der Waals surface area contributed by atoms with Crippen LogP contribution in [0.15, 0.2) is 65.3 Å². The van der Waals surface area contributed by atoms with Crippen LogP contribution in [0.4, 0.5) is 0 Å². The van der Waals surface area contributed by atoms with Crippen LogP contribution in [0.5, 0.6) is 0 Å². The van der Waals surface area contributed by atoms with Gasteiger partial charge in [0.25, 0.3) is 0 Å². The molecule has 0 radical (unpaired) electrons. The van der Waals surface area contributed by atoms with E-state index in [2.05, 4.69) is 20.5 Å². The molecule has 7 nitrogen and oxygen atoms in total. The van der Waals surface area contributed by atoms with Gasteiger partial charge >= 0.3 is 0 Å². The highest BCUT2D eigenvalue weighted by Gasteiger charge is 2.20. The number of hydrogen-bond donors (Lipinski definition) is 1. The Bertz CT molecular complexity index is 1110. The van der Waals surface area contributed by atoms with Crippen molar-refractivity contribution >= 4 is 23.3 Å². The summed E-state index contributed by atoms with van der Waals surface area (Å²) in [5.74, 6) is 2.85. The van der Waals surface area contributed by atoms with Crippen molar-refractivity contribution in [2.75, 3.05) is 12.0 Å². The Morgan fingerprint density at radius 3 is 2.83 bits per heavy atom. The third kappa shape index (κ3) is 4.71. The molecule has 0 bridgehead atoms. The van der Waals surface area contributed by atoms with Gasteiger partial charge in [-0.3, -0.25) is 9.20 Å². The molecule has 0 aliphatic heterocycles. The molecule has 0 aliphatic rings. The first-order valence-corrected chi connectivity index (χ1v) is 11.2. The van der Waals surface area contributed by atoms with Gasteiger partial charge in [-0.15, -0.1) is 10.2 Å². The number of carbonyl (C=O) groups excluding carboxylic acids is 1. The predicted octanol–water partition coefficient (Wildman–Crippen LogP) is 3.93. The molecular weight excluding hydrogens is 398 g/mol. The van der Waals surface area contributed by atoms with E-state index in [1.807, 2.05) is 65.4 Å².